The molecule has 172 valence electrons. The predicted molar refractivity (Wildman–Crippen MR) is 124 cm³/mol. The van der Waals surface area contributed by atoms with Crippen molar-refractivity contribution < 1.29 is 14.7 Å². The second-order valence-corrected chi connectivity index (χ2v) is 10.4. The number of carbonyl (C=O) groups is 2. The number of allylic oxidation sites excluding steroid dienone is 4. The number of rotatable bonds is 6. The minimum Gasteiger partial charge on any atom is -0.505 e. The zero-order valence-corrected chi connectivity index (χ0v) is 19.6. The summed E-state index contributed by atoms with van der Waals surface area (Å²) in [5, 5.41) is 14.2. The van der Waals surface area contributed by atoms with Crippen LogP contribution in [0.25, 0.3) is 0 Å². The quantitative estimate of drug-likeness (QED) is 0.344. The van der Waals surface area contributed by atoms with E-state index in [1.54, 1.807) is 12.5 Å². The van der Waals surface area contributed by atoms with Crippen molar-refractivity contribution in [2.45, 2.75) is 66.2 Å². The SMILES string of the molecule is CC1=CCCC2C1(C)CCC(C)C2(C)CC1=C(O)C(NCCc2cnc[nH]2)=CC(=O)C1=O. The fourth-order valence-corrected chi connectivity index (χ4v) is 6.33. The smallest absolute Gasteiger partial charge is 0.232 e. The molecule has 3 aliphatic carbocycles. The number of aliphatic hydroxyl groups is 1. The number of aromatic nitrogens is 2. The van der Waals surface area contributed by atoms with Gasteiger partial charge in [-0.2, -0.15) is 0 Å². The largest absolute Gasteiger partial charge is 0.505 e. The van der Waals surface area contributed by atoms with Crippen molar-refractivity contribution in [1.82, 2.24) is 15.3 Å². The number of nitrogens with one attached hydrogen (secondary N) is 2. The second kappa shape index (κ2) is 8.38. The third-order valence-corrected chi connectivity index (χ3v) is 8.73. The lowest BCUT2D eigenvalue weighted by Crippen LogP contribution is -2.50. The Morgan fingerprint density at radius 3 is 2.78 bits per heavy atom. The fraction of sp³-hybridized carbons (Fsp3) is 0.577. The minimum absolute atomic E-state index is 0.0667. The van der Waals surface area contributed by atoms with Gasteiger partial charge in [0.2, 0.25) is 11.6 Å². The topological polar surface area (TPSA) is 95.1 Å². The maximum absolute atomic E-state index is 12.9. The zero-order valence-electron chi connectivity index (χ0n) is 19.6. The van der Waals surface area contributed by atoms with Crippen LogP contribution in [0.1, 0.15) is 65.5 Å². The van der Waals surface area contributed by atoms with E-state index in [-0.39, 0.29) is 22.2 Å². The maximum Gasteiger partial charge on any atom is 0.232 e. The van der Waals surface area contributed by atoms with Crippen LogP contribution in [0.5, 0.6) is 0 Å². The number of ketones is 2. The van der Waals surface area contributed by atoms with Gasteiger partial charge in [0.15, 0.2) is 0 Å². The van der Waals surface area contributed by atoms with Crippen LogP contribution in [0.4, 0.5) is 0 Å². The molecule has 1 aromatic rings. The Morgan fingerprint density at radius 2 is 2.06 bits per heavy atom. The van der Waals surface area contributed by atoms with Gasteiger partial charge in [-0.3, -0.25) is 9.59 Å². The van der Waals surface area contributed by atoms with Crippen LogP contribution >= 0.6 is 0 Å². The van der Waals surface area contributed by atoms with Crippen LogP contribution in [-0.2, 0) is 16.0 Å². The fourth-order valence-electron chi connectivity index (χ4n) is 6.33. The summed E-state index contributed by atoms with van der Waals surface area (Å²) in [5.41, 5.74) is 2.96. The summed E-state index contributed by atoms with van der Waals surface area (Å²) in [6.07, 6.45) is 12.4. The number of carbonyl (C=O) groups excluding carboxylic acids is 2. The lowest BCUT2D eigenvalue weighted by atomic mass is 9.46. The molecule has 4 unspecified atom stereocenters. The Morgan fingerprint density at radius 1 is 1.28 bits per heavy atom. The molecule has 0 aliphatic heterocycles. The molecule has 0 saturated heterocycles. The third-order valence-electron chi connectivity index (χ3n) is 8.73. The van der Waals surface area contributed by atoms with E-state index in [4.69, 9.17) is 0 Å². The van der Waals surface area contributed by atoms with Gasteiger partial charge in [0.05, 0.1) is 12.0 Å². The average molecular weight is 438 g/mol. The van der Waals surface area contributed by atoms with Gasteiger partial charge in [0, 0.05) is 36.5 Å². The van der Waals surface area contributed by atoms with Crippen LogP contribution < -0.4 is 5.32 Å². The molecule has 32 heavy (non-hydrogen) atoms. The highest BCUT2D eigenvalue weighted by molar-refractivity contribution is 6.48. The van der Waals surface area contributed by atoms with Crippen molar-refractivity contribution in [3.8, 4) is 0 Å². The molecule has 1 fully saturated rings. The monoisotopic (exact) mass is 437 g/mol. The van der Waals surface area contributed by atoms with E-state index in [1.165, 1.54) is 11.6 Å². The summed E-state index contributed by atoms with van der Waals surface area (Å²) in [4.78, 5) is 32.5. The Bertz CT molecular complexity index is 1000. The van der Waals surface area contributed by atoms with Crippen LogP contribution in [0.15, 0.2) is 47.3 Å². The highest BCUT2D eigenvalue weighted by Crippen LogP contribution is 2.62. The molecular weight excluding hydrogens is 402 g/mol. The highest BCUT2D eigenvalue weighted by atomic mass is 16.3. The van der Waals surface area contributed by atoms with Gasteiger partial charge in [-0.15, -0.1) is 0 Å². The number of aromatic amines is 1. The first-order valence-corrected chi connectivity index (χ1v) is 11.8. The number of hydrogen-bond acceptors (Lipinski definition) is 5. The van der Waals surface area contributed by atoms with Crippen LogP contribution in [-0.4, -0.2) is 33.2 Å². The third kappa shape index (κ3) is 3.74. The maximum atomic E-state index is 12.9. The summed E-state index contributed by atoms with van der Waals surface area (Å²) in [5.74, 6) is -0.378. The average Bonchev–Trinajstić information content (AvgIpc) is 3.27. The number of Topliss-reactive ketones (excluding diaryl/α,β-unsaturated/α-hetero) is 1. The Kier molecular flexibility index (Phi) is 5.91. The van der Waals surface area contributed by atoms with E-state index in [0.29, 0.717) is 36.9 Å². The van der Waals surface area contributed by atoms with E-state index in [2.05, 4.69) is 49.1 Å². The van der Waals surface area contributed by atoms with Gasteiger partial charge in [-0.05, 0) is 61.7 Å². The van der Waals surface area contributed by atoms with Crippen molar-refractivity contribution in [3.63, 3.8) is 0 Å². The van der Waals surface area contributed by atoms with Crippen molar-refractivity contribution >= 4 is 11.6 Å². The second-order valence-electron chi connectivity index (χ2n) is 10.4. The molecule has 1 heterocycles. The van der Waals surface area contributed by atoms with Gasteiger partial charge in [-0.25, -0.2) is 4.98 Å². The number of aliphatic hydroxyl groups excluding tert-OH is 1. The molecular formula is C26H35N3O3. The zero-order chi connectivity index (χ0) is 23.1. The van der Waals surface area contributed by atoms with Gasteiger partial charge < -0.3 is 15.4 Å². The highest BCUT2D eigenvalue weighted by Gasteiger charge is 2.54. The normalized spacial score (nSPS) is 33.0. The first-order chi connectivity index (χ1) is 15.2. The van der Waals surface area contributed by atoms with Gasteiger partial charge in [0.25, 0.3) is 0 Å². The molecule has 0 amide bonds. The lowest BCUT2D eigenvalue weighted by molar-refractivity contribution is -0.132. The summed E-state index contributed by atoms with van der Waals surface area (Å²) in [6.45, 7) is 9.64. The Labute approximate surface area is 190 Å². The molecule has 6 nitrogen and oxygen atoms in total. The van der Waals surface area contributed by atoms with E-state index < -0.39 is 11.6 Å². The molecule has 1 saturated carbocycles. The van der Waals surface area contributed by atoms with E-state index in [0.717, 1.165) is 31.4 Å². The molecule has 3 aliphatic rings. The summed E-state index contributed by atoms with van der Waals surface area (Å²) in [7, 11) is 0. The molecule has 0 spiro atoms. The minimum atomic E-state index is -0.564. The molecule has 6 heteroatoms. The number of imidazole rings is 1. The molecule has 4 atom stereocenters. The lowest BCUT2D eigenvalue weighted by Gasteiger charge is -2.58. The molecule has 3 N–H and O–H groups in total. The van der Waals surface area contributed by atoms with Crippen molar-refractivity contribution in [1.29, 1.82) is 0 Å². The first kappa shape index (κ1) is 22.6. The van der Waals surface area contributed by atoms with Crippen molar-refractivity contribution in [2.24, 2.45) is 22.7 Å². The van der Waals surface area contributed by atoms with Gasteiger partial charge in [0.1, 0.15) is 5.76 Å². The first-order valence-electron chi connectivity index (χ1n) is 11.8. The summed E-state index contributed by atoms with van der Waals surface area (Å²) in [6, 6.07) is 0. The van der Waals surface area contributed by atoms with E-state index in [9.17, 15) is 14.7 Å². The Balaban J connectivity index is 1.60. The molecule has 0 aromatic carbocycles. The van der Waals surface area contributed by atoms with Gasteiger partial charge in [-0.1, -0.05) is 32.4 Å². The Hall–Kier alpha value is -2.63. The molecule has 0 bridgehead atoms. The predicted octanol–water partition coefficient (Wildman–Crippen LogP) is 4.58. The van der Waals surface area contributed by atoms with E-state index in [1.807, 2.05) is 0 Å². The molecule has 1 aromatic heterocycles. The van der Waals surface area contributed by atoms with Gasteiger partial charge >= 0.3 is 0 Å². The van der Waals surface area contributed by atoms with Crippen molar-refractivity contribution in [3.05, 3.63) is 53.0 Å². The summed E-state index contributed by atoms with van der Waals surface area (Å²) < 4.78 is 0. The van der Waals surface area contributed by atoms with Crippen LogP contribution in [0.2, 0.25) is 0 Å². The summed E-state index contributed by atoms with van der Waals surface area (Å²) >= 11 is 0. The number of nitrogens with zero attached hydrogens (tertiary/aromatic N) is 1. The molecule has 4 rings (SSSR count). The van der Waals surface area contributed by atoms with E-state index >= 15 is 0 Å². The standard InChI is InChI=1S/C26H35N3O3/c1-16-6-5-7-22-25(16,3)10-8-17(2)26(22,4)13-19-23(31)20(12-21(30)24(19)32)28-11-9-18-14-27-15-29-18/h6,12,14-15,17,22,28,31H,5,7-11,13H2,1-4H3,(H,27,29). The van der Waals surface area contributed by atoms with Crippen LogP contribution in [0, 0.1) is 22.7 Å². The van der Waals surface area contributed by atoms with Crippen molar-refractivity contribution in [2.75, 3.05) is 6.54 Å². The number of hydrogen-bond donors (Lipinski definition) is 3. The number of fused-ring (bicyclic) bond motifs is 1. The molecule has 0 radical (unpaired) electrons. The van der Waals surface area contributed by atoms with Crippen LogP contribution in [0.3, 0.4) is 0 Å². The number of H-pyrrole nitrogens is 1.